The lowest BCUT2D eigenvalue weighted by atomic mass is 9.81. The number of aromatic nitrogens is 1. The van der Waals surface area contributed by atoms with E-state index in [1.54, 1.807) is 6.07 Å². The van der Waals surface area contributed by atoms with Crippen LogP contribution in [0.4, 0.5) is 4.39 Å². The van der Waals surface area contributed by atoms with Crippen LogP contribution in [0, 0.1) is 5.95 Å². The minimum Gasteiger partial charge on any atom is -0.423 e. The predicted molar refractivity (Wildman–Crippen MR) is 43.4 cm³/mol. The molecular formula is C7H9BFNO2. The molecule has 0 saturated heterocycles. The van der Waals surface area contributed by atoms with Crippen molar-refractivity contribution in [2.45, 2.75) is 13.3 Å². The third kappa shape index (κ3) is 1.81. The summed E-state index contributed by atoms with van der Waals surface area (Å²) in [5.41, 5.74) is 0.407. The first-order chi connectivity index (χ1) is 5.65. The molecule has 0 radical (unpaired) electrons. The Balaban J connectivity index is 3.03. The van der Waals surface area contributed by atoms with Crippen molar-refractivity contribution in [2.24, 2.45) is 0 Å². The molecule has 3 nitrogen and oxygen atoms in total. The summed E-state index contributed by atoms with van der Waals surface area (Å²) >= 11 is 0. The second kappa shape index (κ2) is 3.64. The van der Waals surface area contributed by atoms with Crippen molar-refractivity contribution < 1.29 is 14.4 Å². The summed E-state index contributed by atoms with van der Waals surface area (Å²) in [6.07, 6.45) is 0.624. The largest absolute Gasteiger partial charge is 0.493 e. The zero-order valence-corrected chi connectivity index (χ0v) is 6.66. The normalized spacial score (nSPS) is 10.0. The van der Waals surface area contributed by atoms with Crippen molar-refractivity contribution in [3.63, 3.8) is 0 Å². The highest BCUT2D eigenvalue weighted by molar-refractivity contribution is 6.58. The molecule has 0 amide bonds. The number of hydrogen-bond acceptors (Lipinski definition) is 3. The van der Waals surface area contributed by atoms with Crippen LogP contribution in [0.3, 0.4) is 0 Å². The fraction of sp³-hybridized carbons (Fsp3) is 0.286. The number of halogens is 1. The van der Waals surface area contributed by atoms with Crippen LogP contribution in [-0.4, -0.2) is 22.2 Å². The number of rotatable bonds is 2. The van der Waals surface area contributed by atoms with Gasteiger partial charge in [-0.15, -0.1) is 0 Å². The van der Waals surface area contributed by atoms with E-state index in [9.17, 15) is 4.39 Å². The lowest BCUT2D eigenvalue weighted by Gasteiger charge is -2.01. The Kier molecular flexibility index (Phi) is 2.78. The molecule has 0 bridgehead atoms. The van der Waals surface area contributed by atoms with E-state index < -0.39 is 13.1 Å². The Hall–Kier alpha value is -0.935. The fourth-order valence-corrected chi connectivity index (χ4v) is 0.872. The molecule has 1 heterocycles. The predicted octanol–water partition coefficient (Wildman–Crippen LogP) is -0.537. The zero-order valence-electron chi connectivity index (χ0n) is 6.66. The van der Waals surface area contributed by atoms with Gasteiger partial charge in [0, 0.05) is 11.2 Å². The first-order valence-electron chi connectivity index (χ1n) is 3.66. The highest BCUT2D eigenvalue weighted by Crippen LogP contribution is 1.96. The molecule has 0 fully saturated rings. The molecule has 1 rings (SSSR count). The monoisotopic (exact) mass is 169 g/mol. The van der Waals surface area contributed by atoms with Gasteiger partial charge in [0.1, 0.15) is 0 Å². The van der Waals surface area contributed by atoms with Gasteiger partial charge in [-0.3, -0.25) is 0 Å². The van der Waals surface area contributed by atoms with Gasteiger partial charge >= 0.3 is 7.12 Å². The summed E-state index contributed by atoms with van der Waals surface area (Å²) < 4.78 is 12.9. The first-order valence-corrected chi connectivity index (χ1v) is 3.66. The Morgan fingerprint density at radius 2 is 2.17 bits per heavy atom. The fourth-order valence-electron chi connectivity index (χ4n) is 0.872. The van der Waals surface area contributed by atoms with E-state index in [4.69, 9.17) is 10.0 Å². The summed E-state index contributed by atoms with van der Waals surface area (Å²) in [5, 5.41) is 17.3. The summed E-state index contributed by atoms with van der Waals surface area (Å²) in [5.74, 6) is -0.815. The van der Waals surface area contributed by atoms with E-state index in [-0.39, 0.29) is 5.46 Å². The van der Waals surface area contributed by atoms with Gasteiger partial charge in [0.25, 0.3) is 0 Å². The van der Waals surface area contributed by atoms with E-state index in [0.29, 0.717) is 12.1 Å². The lowest BCUT2D eigenvalue weighted by molar-refractivity contribution is 0.421. The van der Waals surface area contributed by atoms with Crippen LogP contribution in [0.5, 0.6) is 0 Å². The molecule has 0 unspecified atom stereocenters. The molecular weight excluding hydrogens is 160 g/mol. The van der Waals surface area contributed by atoms with Crippen molar-refractivity contribution in [1.82, 2.24) is 4.98 Å². The van der Waals surface area contributed by atoms with Gasteiger partial charge in [-0.2, -0.15) is 4.39 Å². The Labute approximate surface area is 70.0 Å². The quantitative estimate of drug-likeness (QED) is 0.461. The maximum atomic E-state index is 12.9. The van der Waals surface area contributed by atoms with E-state index in [1.165, 1.54) is 6.07 Å². The maximum absolute atomic E-state index is 12.9. The molecule has 5 heteroatoms. The van der Waals surface area contributed by atoms with Crippen molar-refractivity contribution in [1.29, 1.82) is 0 Å². The van der Waals surface area contributed by atoms with Gasteiger partial charge < -0.3 is 10.0 Å². The van der Waals surface area contributed by atoms with Gasteiger partial charge in [0.15, 0.2) is 0 Å². The molecule has 0 aliphatic heterocycles. The molecule has 0 atom stereocenters. The molecule has 0 spiro atoms. The van der Waals surface area contributed by atoms with Crippen molar-refractivity contribution in [2.75, 3.05) is 0 Å². The second-order valence-corrected chi connectivity index (χ2v) is 2.41. The molecule has 64 valence electrons. The average Bonchev–Trinajstić information content (AvgIpc) is 2.03. The van der Waals surface area contributed by atoms with E-state index >= 15 is 0 Å². The number of pyridine rings is 1. The van der Waals surface area contributed by atoms with Crippen LogP contribution in [0.25, 0.3) is 0 Å². The summed E-state index contributed by atoms with van der Waals surface area (Å²) in [6.45, 7) is 1.84. The summed E-state index contributed by atoms with van der Waals surface area (Å²) in [4.78, 5) is 3.53. The number of hydrogen-bond donors (Lipinski definition) is 2. The summed E-state index contributed by atoms with van der Waals surface area (Å²) in [7, 11) is -1.79. The second-order valence-electron chi connectivity index (χ2n) is 2.41. The van der Waals surface area contributed by atoms with Crippen molar-refractivity contribution in [3.8, 4) is 0 Å². The van der Waals surface area contributed by atoms with E-state index in [1.807, 2.05) is 6.92 Å². The summed E-state index contributed by atoms with van der Waals surface area (Å²) in [6, 6.07) is 2.89. The first kappa shape index (κ1) is 9.16. The third-order valence-electron chi connectivity index (χ3n) is 1.58. The van der Waals surface area contributed by atoms with Gasteiger partial charge in [-0.1, -0.05) is 13.0 Å². The highest BCUT2D eigenvalue weighted by atomic mass is 19.1. The SMILES string of the molecule is CCc1ccc(B(O)O)c(F)n1. The molecule has 12 heavy (non-hydrogen) atoms. The van der Waals surface area contributed by atoms with E-state index in [0.717, 1.165) is 0 Å². The van der Waals surface area contributed by atoms with Crippen LogP contribution in [0.1, 0.15) is 12.6 Å². The van der Waals surface area contributed by atoms with Crippen LogP contribution in [0.15, 0.2) is 12.1 Å². The minimum absolute atomic E-state index is 0.188. The third-order valence-corrected chi connectivity index (χ3v) is 1.58. The molecule has 1 aromatic rings. The van der Waals surface area contributed by atoms with Gasteiger partial charge in [0.05, 0.1) is 0 Å². The van der Waals surface area contributed by atoms with Gasteiger partial charge in [-0.25, -0.2) is 4.98 Å². The van der Waals surface area contributed by atoms with Gasteiger partial charge in [0.2, 0.25) is 5.95 Å². The van der Waals surface area contributed by atoms with Crippen LogP contribution < -0.4 is 5.46 Å². The van der Waals surface area contributed by atoms with Crippen LogP contribution >= 0.6 is 0 Å². The van der Waals surface area contributed by atoms with Crippen LogP contribution in [-0.2, 0) is 6.42 Å². The smallest absolute Gasteiger partial charge is 0.423 e. The number of aryl methyl sites for hydroxylation is 1. The topological polar surface area (TPSA) is 53.4 Å². The maximum Gasteiger partial charge on any atom is 0.493 e. The molecule has 1 aromatic heterocycles. The lowest BCUT2D eigenvalue weighted by Crippen LogP contribution is -2.33. The van der Waals surface area contributed by atoms with Crippen molar-refractivity contribution in [3.05, 3.63) is 23.8 Å². The molecule has 0 aliphatic carbocycles. The van der Waals surface area contributed by atoms with Crippen molar-refractivity contribution >= 4 is 12.6 Å². The molecule has 0 aliphatic rings. The minimum atomic E-state index is -1.79. The Bertz CT molecular complexity index is 280. The van der Waals surface area contributed by atoms with Crippen LogP contribution in [0.2, 0.25) is 0 Å². The molecule has 2 N–H and O–H groups in total. The highest BCUT2D eigenvalue weighted by Gasteiger charge is 2.17. The number of nitrogens with zero attached hydrogens (tertiary/aromatic N) is 1. The Morgan fingerprint density at radius 3 is 2.58 bits per heavy atom. The van der Waals surface area contributed by atoms with E-state index in [2.05, 4.69) is 4.98 Å². The standard InChI is InChI=1S/C7H9BFNO2/c1-2-5-3-4-6(8(11)12)7(9)10-5/h3-4,11-12H,2H2,1H3. The zero-order chi connectivity index (χ0) is 9.14. The van der Waals surface area contributed by atoms with Gasteiger partial charge in [-0.05, 0) is 12.5 Å². The Morgan fingerprint density at radius 1 is 1.50 bits per heavy atom. The molecule has 0 saturated carbocycles. The molecule has 0 aromatic carbocycles. The average molecular weight is 169 g/mol.